The zero-order valence-electron chi connectivity index (χ0n) is 8.49. The van der Waals surface area contributed by atoms with Crippen molar-refractivity contribution in [2.75, 3.05) is 0 Å². The lowest BCUT2D eigenvalue weighted by Crippen LogP contribution is -2.34. The van der Waals surface area contributed by atoms with Crippen LogP contribution in [0.1, 0.15) is 21.5 Å². The zero-order chi connectivity index (χ0) is 11.9. The van der Waals surface area contributed by atoms with Gasteiger partial charge < -0.3 is 9.84 Å². The predicted molar refractivity (Wildman–Crippen MR) is 59.4 cm³/mol. The average Bonchev–Trinajstić information content (AvgIpc) is 2.22. The molecule has 1 aromatic carbocycles. The molecule has 0 radical (unpaired) electrons. The highest BCUT2D eigenvalue weighted by atomic mass is 79.9. The van der Waals surface area contributed by atoms with Crippen LogP contribution in [-0.4, -0.2) is 23.1 Å². The number of esters is 1. The zero-order valence-corrected chi connectivity index (χ0v) is 10.1. The van der Waals surface area contributed by atoms with E-state index in [1.54, 1.807) is 6.07 Å². The molecule has 4 nitrogen and oxygen atoms in total. The van der Waals surface area contributed by atoms with Gasteiger partial charge in [-0.15, -0.1) is 0 Å². The number of fused-ring (bicyclic) bond motifs is 1. The van der Waals surface area contributed by atoms with Gasteiger partial charge in [0.05, 0.1) is 5.56 Å². The first kappa shape index (κ1) is 11.1. The van der Waals surface area contributed by atoms with Crippen LogP contribution < -0.4 is 0 Å². The molecular formula is C11H9BrO4. The standard InChI is InChI=1S/C11H9BrO4/c1-5-2-3-7(12)9-6(5)4-8(10(13)14)16-11(9)15/h2-3,8H,4H2,1H3,(H,13,14). The maximum absolute atomic E-state index is 11.7. The van der Waals surface area contributed by atoms with Crippen LogP contribution in [0.4, 0.5) is 0 Å². The minimum absolute atomic E-state index is 0.224. The molecule has 1 N–H and O–H groups in total. The molecule has 0 aliphatic carbocycles. The van der Waals surface area contributed by atoms with Crippen molar-refractivity contribution in [2.45, 2.75) is 19.4 Å². The third-order valence-electron chi connectivity index (χ3n) is 2.61. The molecule has 0 spiro atoms. The number of carboxylic acid groups (broad SMARTS) is 1. The monoisotopic (exact) mass is 284 g/mol. The Morgan fingerprint density at radius 3 is 2.88 bits per heavy atom. The summed E-state index contributed by atoms with van der Waals surface area (Å²) in [5.74, 6) is -1.69. The number of ether oxygens (including phenoxy) is 1. The molecular weight excluding hydrogens is 276 g/mol. The lowest BCUT2D eigenvalue weighted by molar-refractivity contribution is -0.147. The van der Waals surface area contributed by atoms with Gasteiger partial charge >= 0.3 is 11.9 Å². The van der Waals surface area contributed by atoms with Crippen LogP contribution in [0.5, 0.6) is 0 Å². The molecule has 0 saturated carbocycles. The summed E-state index contributed by atoms with van der Waals surface area (Å²) >= 11 is 3.27. The Kier molecular flexibility index (Phi) is 2.71. The van der Waals surface area contributed by atoms with Crippen molar-refractivity contribution in [2.24, 2.45) is 0 Å². The van der Waals surface area contributed by atoms with E-state index in [-0.39, 0.29) is 6.42 Å². The van der Waals surface area contributed by atoms with Crippen LogP contribution in [0.3, 0.4) is 0 Å². The Morgan fingerprint density at radius 2 is 2.25 bits per heavy atom. The van der Waals surface area contributed by atoms with Gasteiger partial charge in [0.1, 0.15) is 0 Å². The van der Waals surface area contributed by atoms with Crippen molar-refractivity contribution in [3.8, 4) is 0 Å². The van der Waals surface area contributed by atoms with Crippen LogP contribution in [0, 0.1) is 6.92 Å². The van der Waals surface area contributed by atoms with Gasteiger partial charge in [0.15, 0.2) is 0 Å². The molecule has 0 saturated heterocycles. The Labute approximate surface area is 100 Å². The number of aliphatic carboxylic acids is 1. The molecule has 1 aliphatic rings. The van der Waals surface area contributed by atoms with Crippen molar-refractivity contribution in [1.29, 1.82) is 0 Å². The number of hydrogen-bond donors (Lipinski definition) is 1. The van der Waals surface area contributed by atoms with E-state index < -0.39 is 18.0 Å². The summed E-state index contributed by atoms with van der Waals surface area (Å²) in [6.07, 6.45) is -0.852. The minimum atomic E-state index is -1.11. The summed E-state index contributed by atoms with van der Waals surface area (Å²) in [4.78, 5) is 22.5. The second-order valence-electron chi connectivity index (χ2n) is 3.65. The Balaban J connectivity index is 2.54. The smallest absolute Gasteiger partial charge is 0.345 e. The van der Waals surface area contributed by atoms with E-state index in [4.69, 9.17) is 9.84 Å². The van der Waals surface area contributed by atoms with Gasteiger partial charge in [-0.3, -0.25) is 0 Å². The Morgan fingerprint density at radius 1 is 1.56 bits per heavy atom. The van der Waals surface area contributed by atoms with Gasteiger partial charge in [-0.05, 0) is 40.0 Å². The largest absolute Gasteiger partial charge is 0.478 e. The summed E-state index contributed by atoms with van der Waals surface area (Å²) in [7, 11) is 0. The Bertz CT molecular complexity index is 481. The topological polar surface area (TPSA) is 63.6 Å². The number of hydrogen-bond acceptors (Lipinski definition) is 3. The van der Waals surface area contributed by atoms with Crippen molar-refractivity contribution < 1.29 is 19.4 Å². The Hall–Kier alpha value is -1.36. The van der Waals surface area contributed by atoms with Gasteiger partial charge in [-0.25, -0.2) is 9.59 Å². The average molecular weight is 285 g/mol. The highest BCUT2D eigenvalue weighted by molar-refractivity contribution is 9.10. The van der Waals surface area contributed by atoms with Crippen LogP contribution in [0.15, 0.2) is 16.6 Å². The molecule has 1 aliphatic heterocycles. The summed E-state index contributed by atoms with van der Waals surface area (Å²) in [5, 5.41) is 8.85. The second-order valence-corrected chi connectivity index (χ2v) is 4.51. The van der Waals surface area contributed by atoms with E-state index in [0.29, 0.717) is 10.0 Å². The van der Waals surface area contributed by atoms with Crippen molar-refractivity contribution in [3.05, 3.63) is 33.3 Å². The number of cyclic esters (lactones) is 1. The number of carbonyl (C=O) groups is 2. The van der Waals surface area contributed by atoms with Crippen LogP contribution in [0.2, 0.25) is 0 Å². The van der Waals surface area contributed by atoms with E-state index in [1.165, 1.54) is 0 Å². The summed E-state index contributed by atoms with van der Waals surface area (Å²) < 4.78 is 5.48. The predicted octanol–water partition coefficient (Wildman–Crippen LogP) is 1.92. The fraction of sp³-hybridized carbons (Fsp3) is 0.273. The first-order chi connectivity index (χ1) is 7.50. The summed E-state index contributed by atoms with van der Waals surface area (Å²) in [6.45, 7) is 1.85. The van der Waals surface area contributed by atoms with E-state index in [1.807, 2.05) is 13.0 Å². The highest BCUT2D eigenvalue weighted by Crippen LogP contribution is 2.30. The third-order valence-corrected chi connectivity index (χ3v) is 3.28. The number of aryl methyl sites for hydroxylation is 1. The summed E-state index contributed by atoms with van der Waals surface area (Å²) in [6, 6.07) is 3.61. The molecule has 84 valence electrons. The molecule has 2 rings (SSSR count). The fourth-order valence-electron chi connectivity index (χ4n) is 1.76. The van der Waals surface area contributed by atoms with Gasteiger partial charge in [0, 0.05) is 10.9 Å². The molecule has 5 heteroatoms. The number of carbonyl (C=O) groups excluding carboxylic acids is 1. The van der Waals surface area contributed by atoms with Crippen LogP contribution >= 0.6 is 15.9 Å². The maximum Gasteiger partial charge on any atom is 0.345 e. The van der Waals surface area contributed by atoms with Crippen LogP contribution in [-0.2, 0) is 16.0 Å². The summed E-state index contributed by atoms with van der Waals surface area (Å²) in [5.41, 5.74) is 2.09. The number of rotatable bonds is 1. The molecule has 1 atom stereocenters. The second kappa shape index (κ2) is 3.90. The van der Waals surface area contributed by atoms with E-state index in [9.17, 15) is 9.59 Å². The molecule has 0 fully saturated rings. The van der Waals surface area contributed by atoms with Crippen molar-refractivity contribution >= 4 is 27.9 Å². The maximum atomic E-state index is 11.7. The van der Waals surface area contributed by atoms with Crippen LogP contribution in [0.25, 0.3) is 0 Å². The van der Waals surface area contributed by atoms with Crippen molar-refractivity contribution in [3.63, 3.8) is 0 Å². The number of halogens is 1. The fourth-order valence-corrected chi connectivity index (χ4v) is 2.29. The molecule has 0 bridgehead atoms. The molecule has 1 aromatic rings. The van der Waals surface area contributed by atoms with E-state index in [0.717, 1.165) is 11.1 Å². The lowest BCUT2D eigenvalue weighted by Gasteiger charge is -2.23. The van der Waals surface area contributed by atoms with Crippen molar-refractivity contribution in [1.82, 2.24) is 0 Å². The first-order valence-corrected chi connectivity index (χ1v) is 5.51. The minimum Gasteiger partial charge on any atom is -0.478 e. The van der Waals surface area contributed by atoms with Gasteiger partial charge in [-0.1, -0.05) is 6.07 Å². The molecule has 1 heterocycles. The molecule has 0 aromatic heterocycles. The normalized spacial score (nSPS) is 18.9. The lowest BCUT2D eigenvalue weighted by atomic mass is 9.94. The van der Waals surface area contributed by atoms with Gasteiger partial charge in [-0.2, -0.15) is 0 Å². The van der Waals surface area contributed by atoms with Gasteiger partial charge in [0.25, 0.3) is 0 Å². The SMILES string of the molecule is Cc1ccc(Br)c2c1CC(C(=O)O)OC2=O. The van der Waals surface area contributed by atoms with Gasteiger partial charge in [0.2, 0.25) is 6.10 Å². The molecule has 1 unspecified atom stereocenters. The highest BCUT2D eigenvalue weighted by Gasteiger charge is 2.33. The van der Waals surface area contributed by atoms with E-state index >= 15 is 0 Å². The first-order valence-electron chi connectivity index (χ1n) is 4.72. The van der Waals surface area contributed by atoms with E-state index in [2.05, 4.69) is 15.9 Å². The molecule has 16 heavy (non-hydrogen) atoms. The quantitative estimate of drug-likeness (QED) is 0.801. The third kappa shape index (κ3) is 1.71. The molecule has 0 amide bonds. The number of benzene rings is 1. The number of carboxylic acids is 1.